The lowest BCUT2D eigenvalue weighted by molar-refractivity contribution is -0.117. The number of amides is 2. The predicted molar refractivity (Wildman–Crippen MR) is 77.2 cm³/mol. The summed E-state index contributed by atoms with van der Waals surface area (Å²) >= 11 is 0. The van der Waals surface area contributed by atoms with Gasteiger partial charge < -0.3 is 10.2 Å². The van der Waals surface area contributed by atoms with E-state index >= 15 is 0 Å². The highest BCUT2D eigenvalue weighted by atomic mass is 16.2. The Balaban J connectivity index is 1.87. The fourth-order valence-corrected chi connectivity index (χ4v) is 2.33. The van der Waals surface area contributed by atoms with Crippen LogP contribution in [0.15, 0.2) is 48.7 Å². The lowest BCUT2D eigenvalue weighted by Crippen LogP contribution is -2.46. The van der Waals surface area contributed by atoms with Crippen LogP contribution in [0.25, 0.3) is 0 Å². The van der Waals surface area contributed by atoms with E-state index in [-0.39, 0.29) is 17.9 Å². The molecular weight excluding hydrogens is 252 g/mol. The molecule has 2 amide bonds. The average molecular weight is 270 g/mol. The summed E-state index contributed by atoms with van der Waals surface area (Å²) in [5.74, 6) is -0.116. The number of piperidine rings is 1. The molecule has 104 valence electrons. The first kappa shape index (κ1) is 14.1. The standard InChI is InChI=1S/C16H18N2O2/c1-2-6-15(19)17-14-9-11-18(12-10-14)16(20)13-7-4-3-5-8-13/h3-8,14H,1,9-12H2,(H,17,19). The van der Waals surface area contributed by atoms with Gasteiger partial charge >= 0.3 is 0 Å². The first-order valence-corrected chi connectivity index (χ1v) is 6.71. The molecule has 1 saturated heterocycles. The third-order valence-corrected chi connectivity index (χ3v) is 3.38. The van der Waals surface area contributed by atoms with E-state index in [1.54, 1.807) is 0 Å². The Morgan fingerprint density at radius 3 is 2.50 bits per heavy atom. The summed E-state index contributed by atoms with van der Waals surface area (Å²) in [7, 11) is 0. The minimum atomic E-state index is -0.173. The molecule has 0 aromatic heterocycles. The fourth-order valence-electron chi connectivity index (χ4n) is 2.33. The lowest BCUT2D eigenvalue weighted by atomic mass is 10.0. The highest BCUT2D eigenvalue weighted by Gasteiger charge is 2.23. The Morgan fingerprint density at radius 1 is 1.25 bits per heavy atom. The molecule has 1 aromatic carbocycles. The second-order valence-electron chi connectivity index (χ2n) is 4.79. The van der Waals surface area contributed by atoms with Gasteiger partial charge in [0.05, 0.1) is 0 Å². The molecular formula is C16H18N2O2. The quantitative estimate of drug-likeness (QED) is 0.672. The van der Waals surface area contributed by atoms with E-state index in [4.69, 9.17) is 0 Å². The zero-order valence-corrected chi connectivity index (χ0v) is 11.3. The molecule has 0 bridgehead atoms. The van der Waals surface area contributed by atoms with Crippen LogP contribution < -0.4 is 5.32 Å². The third kappa shape index (κ3) is 3.59. The fraction of sp³-hybridized carbons (Fsp3) is 0.312. The maximum Gasteiger partial charge on any atom is 0.253 e. The summed E-state index contributed by atoms with van der Waals surface area (Å²) in [5.41, 5.74) is 3.17. The van der Waals surface area contributed by atoms with Crippen LogP contribution in [0.4, 0.5) is 0 Å². The number of hydrogen-bond donors (Lipinski definition) is 1. The molecule has 1 aliphatic rings. The number of rotatable bonds is 3. The van der Waals surface area contributed by atoms with E-state index in [1.165, 1.54) is 6.08 Å². The summed E-state index contributed by atoms with van der Waals surface area (Å²) in [6.45, 7) is 4.69. The van der Waals surface area contributed by atoms with Gasteiger partial charge in [-0.15, -0.1) is 5.73 Å². The molecule has 4 nitrogen and oxygen atoms in total. The summed E-state index contributed by atoms with van der Waals surface area (Å²) in [4.78, 5) is 25.5. The minimum Gasteiger partial charge on any atom is -0.349 e. The van der Waals surface area contributed by atoms with Crippen molar-refractivity contribution in [1.29, 1.82) is 0 Å². The van der Waals surface area contributed by atoms with E-state index in [0.29, 0.717) is 18.7 Å². The van der Waals surface area contributed by atoms with Crippen molar-refractivity contribution in [2.75, 3.05) is 13.1 Å². The van der Waals surface area contributed by atoms with Gasteiger partial charge in [0.15, 0.2) is 0 Å². The van der Waals surface area contributed by atoms with Gasteiger partial charge in [-0.3, -0.25) is 9.59 Å². The molecule has 1 fully saturated rings. The van der Waals surface area contributed by atoms with Crippen molar-refractivity contribution in [3.63, 3.8) is 0 Å². The molecule has 0 unspecified atom stereocenters. The van der Waals surface area contributed by atoms with Crippen LogP contribution in [0.1, 0.15) is 23.2 Å². The molecule has 1 N–H and O–H groups in total. The second-order valence-corrected chi connectivity index (χ2v) is 4.79. The molecule has 20 heavy (non-hydrogen) atoms. The number of carbonyl (C=O) groups excluding carboxylic acids is 2. The van der Waals surface area contributed by atoms with Crippen molar-refractivity contribution in [3.05, 3.63) is 54.3 Å². The van der Waals surface area contributed by atoms with E-state index in [0.717, 1.165) is 12.8 Å². The summed E-state index contributed by atoms with van der Waals surface area (Å²) < 4.78 is 0. The van der Waals surface area contributed by atoms with Gasteiger partial charge in [-0.25, -0.2) is 0 Å². The second kappa shape index (κ2) is 6.73. The van der Waals surface area contributed by atoms with Crippen LogP contribution in [0, 0.1) is 0 Å². The number of hydrogen-bond acceptors (Lipinski definition) is 2. The van der Waals surface area contributed by atoms with E-state index in [1.807, 2.05) is 35.2 Å². The van der Waals surface area contributed by atoms with Crippen molar-refractivity contribution in [1.82, 2.24) is 10.2 Å². The number of nitrogens with one attached hydrogen (secondary N) is 1. The van der Waals surface area contributed by atoms with Gasteiger partial charge in [0, 0.05) is 30.8 Å². The van der Waals surface area contributed by atoms with E-state index in [9.17, 15) is 9.59 Å². The van der Waals surface area contributed by atoms with Crippen LogP contribution in [0.5, 0.6) is 0 Å². The van der Waals surface area contributed by atoms with Crippen LogP contribution in [-0.4, -0.2) is 35.8 Å². The normalized spacial score (nSPS) is 15.3. The number of benzene rings is 1. The highest BCUT2D eigenvalue weighted by molar-refractivity contribution is 5.94. The number of carbonyl (C=O) groups is 2. The molecule has 1 aromatic rings. The monoisotopic (exact) mass is 270 g/mol. The molecule has 1 heterocycles. The molecule has 0 saturated carbocycles. The van der Waals surface area contributed by atoms with Gasteiger partial charge in [-0.05, 0) is 25.0 Å². The first-order valence-electron chi connectivity index (χ1n) is 6.71. The van der Waals surface area contributed by atoms with Crippen molar-refractivity contribution in [2.45, 2.75) is 18.9 Å². The van der Waals surface area contributed by atoms with Crippen LogP contribution in [0.3, 0.4) is 0 Å². The zero-order chi connectivity index (χ0) is 14.4. The smallest absolute Gasteiger partial charge is 0.253 e. The van der Waals surface area contributed by atoms with Crippen molar-refractivity contribution in [2.24, 2.45) is 0 Å². The largest absolute Gasteiger partial charge is 0.349 e. The van der Waals surface area contributed by atoms with Gasteiger partial charge in [-0.2, -0.15) is 0 Å². The van der Waals surface area contributed by atoms with Crippen LogP contribution in [0.2, 0.25) is 0 Å². The molecule has 0 aliphatic carbocycles. The summed E-state index contributed by atoms with van der Waals surface area (Å²) in [6, 6.07) is 9.39. The van der Waals surface area contributed by atoms with Crippen molar-refractivity contribution in [3.8, 4) is 0 Å². The number of likely N-dealkylation sites (tertiary alicyclic amines) is 1. The average Bonchev–Trinajstić information content (AvgIpc) is 2.48. The Kier molecular flexibility index (Phi) is 4.75. The molecule has 4 heteroatoms. The third-order valence-electron chi connectivity index (χ3n) is 3.38. The van der Waals surface area contributed by atoms with Crippen LogP contribution in [-0.2, 0) is 4.79 Å². The maximum atomic E-state index is 12.2. The van der Waals surface area contributed by atoms with E-state index < -0.39 is 0 Å². The van der Waals surface area contributed by atoms with Gasteiger partial charge in [0.2, 0.25) is 0 Å². The Bertz CT molecular complexity index is 525. The zero-order valence-electron chi connectivity index (χ0n) is 11.3. The first-order chi connectivity index (χ1) is 9.70. The SMILES string of the molecule is C=C=CC(=O)NC1CCN(C(=O)c2ccccc2)CC1. The maximum absolute atomic E-state index is 12.2. The number of nitrogens with zero attached hydrogens (tertiary/aromatic N) is 1. The molecule has 2 rings (SSSR count). The molecule has 1 aliphatic heterocycles. The highest BCUT2D eigenvalue weighted by Crippen LogP contribution is 2.14. The van der Waals surface area contributed by atoms with E-state index in [2.05, 4.69) is 17.6 Å². The molecule has 0 radical (unpaired) electrons. The van der Waals surface area contributed by atoms with Gasteiger partial charge in [0.1, 0.15) is 0 Å². The van der Waals surface area contributed by atoms with Crippen molar-refractivity contribution < 1.29 is 9.59 Å². The van der Waals surface area contributed by atoms with Crippen molar-refractivity contribution >= 4 is 11.8 Å². The molecule has 0 spiro atoms. The predicted octanol–water partition coefficient (Wildman–Crippen LogP) is 1.75. The summed E-state index contributed by atoms with van der Waals surface area (Å²) in [6.07, 6.45) is 2.84. The Labute approximate surface area is 118 Å². The summed E-state index contributed by atoms with van der Waals surface area (Å²) in [5, 5.41) is 2.88. The van der Waals surface area contributed by atoms with Crippen LogP contribution >= 0.6 is 0 Å². The Morgan fingerprint density at radius 2 is 1.90 bits per heavy atom. The topological polar surface area (TPSA) is 49.4 Å². The minimum absolute atomic E-state index is 0.0568. The van der Waals surface area contributed by atoms with Gasteiger partial charge in [-0.1, -0.05) is 24.8 Å². The van der Waals surface area contributed by atoms with Gasteiger partial charge in [0.25, 0.3) is 11.8 Å². The molecule has 0 atom stereocenters. The Hall–Kier alpha value is -2.32. The lowest BCUT2D eigenvalue weighted by Gasteiger charge is -2.32.